The molecule has 0 unspecified atom stereocenters. The molecule has 2 aromatic carbocycles. The van der Waals surface area contributed by atoms with Gasteiger partial charge in [-0.1, -0.05) is 66.2 Å². The summed E-state index contributed by atoms with van der Waals surface area (Å²) in [7, 11) is 3.94. The molecule has 0 N–H and O–H groups in total. The lowest BCUT2D eigenvalue weighted by Crippen LogP contribution is -1.95. The minimum Gasteiger partial charge on any atom is -0.241 e. The predicted octanol–water partition coefficient (Wildman–Crippen LogP) is 4.28. The molecular formula is C17H17ClN+. The second-order valence-electron chi connectivity index (χ2n) is 4.57. The average Bonchev–Trinajstić information content (AvgIpc) is 2.46. The maximum atomic E-state index is 6.25. The molecule has 0 aliphatic rings. The van der Waals surface area contributed by atoms with Gasteiger partial charge in [-0.15, -0.1) is 0 Å². The van der Waals surface area contributed by atoms with Crippen LogP contribution in [0.1, 0.15) is 5.56 Å². The van der Waals surface area contributed by atoms with Crippen LogP contribution in [-0.2, 0) is 0 Å². The van der Waals surface area contributed by atoms with Gasteiger partial charge >= 0.3 is 0 Å². The largest absolute Gasteiger partial charge is 0.241 e. The molecule has 0 spiro atoms. The normalized spacial score (nSPS) is 11.2. The maximum Gasteiger partial charge on any atom is 0.164 e. The van der Waals surface area contributed by atoms with Gasteiger partial charge in [-0.05, 0) is 16.7 Å². The highest BCUT2D eigenvalue weighted by molar-refractivity contribution is 6.49. The summed E-state index contributed by atoms with van der Waals surface area (Å²) in [6.45, 7) is 0. The second kappa shape index (κ2) is 6.35. The maximum absolute atomic E-state index is 6.25. The number of hydrogen-bond donors (Lipinski definition) is 0. The van der Waals surface area contributed by atoms with Gasteiger partial charge in [0.1, 0.15) is 14.1 Å². The Balaban J connectivity index is 2.24. The number of rotatable bonds is 3. The molecule has 0 saturated carbocycles. The molecule has 0 atom stereocenters. The Bertz CT molecular complexity index is 591. The first-order chi connectivity index (χ1) is 9.16. The molecule has 96 valence electrons. The summed E-state index contributed by atoms with van der Waals surface area (Å²) >= 11 is 6.25. The molecule has 0 aliphatic carbocycles. The van der Waals surface area contributed by atoms with Crippen molar-refractivity contribution in [2.45, 2.75) is 0 Å². The van der Waals surface area contributed by atoms with E-state index in [0.29, 0.717) is 0 Å². The molecule has 0 aromatic heterocycles. The average molecular weight is 271 g/mol. The number of nitrogens with zero attached hydrogens (tertiary/aromatic N) is 1. The number of halogens is 1. The molecule has 2 rings (SSSR count). The number of hydrogen-bond acceptors (Lipinski definition) is 0. The fourth-order valence-electron chi connectivity index (χ4n) is 1.76. The monoisotopic (exact) mass is 270 g/mol. The summed E-state index contributed by atoms with van der Waals surface area (Å²) in [6.07, 6.45) is 3.84. The predicted molar refractivity (Wildman–Crippen MR) is 83.9 cm³/mol. The van der Waals surface area contributed by atoms with Gasteiger partial charge < -0.3 is 0 Å². The van der Waals surface area contributed by atoms with Crippen LogP contribution in [0.15, 0.2) is 60.7 Å². The minimum atomic E-state index is 0.744. The van der Waals surface area contributed by atoms with Crippen LogP contribution in [0.4, 0.5) is 0 Å². The van der Waals surface area contributed by atoms with E-state index in [-0.39, 0.29) is 0 Å². The SMILES string of the molecule is C[N+](C)=C/C=C(\Cl)c1ccc(-c2ccccc2)cc1. The fraction of sp³-hybridized carbons (Fsp3) is 0.118. The quantitative estimate of drug-likeness (QED) is 0.579. The van der Waals surface area contributed by atoms with E-state index >= 15 is 0 Å². The molecule has 1 nitrogen and oxygen atoms in total. The smallest absolute Gasteiger partial charge is 0.164 e. The Kier molecular flexibility index (Phi) is 4.53. The van der Waals surface area contributed by atoms with Gasteiger partial charge in [-0.2, -0.15) is 0 Å². The Morgan fingerprint density at radius 1 is 0.895 bits per heavy atom. The molecular weight excluding hydrogens is 254 g/mol. The van der Waals surface area contributed by atoms with Crippen molar-refractivity contribution >= 4 is 22.8 Å². The van der Waals surface area contributed by atoms with Gasteiger partial charge in [0, 0.05) is 6.08 Å². The third-order valence-corrected chi connectivity index (χ3v) is 3.13. The lowest BCUT2D eigenvalue weighted by Gasteiger charge is -2.03. The lowest BCUT2D eigenvalue weighted by atomic mass is 10.0. The zero-order valence-electron chi connectivity index (χ0n) is 11.2. The zero-order valence-corrected chi connectivity index (χ0v) is 11.9. The standard InChI is InChI=1S/C17H17ClN/c1-19(2)13-12-17(18)16-10-8-15(9-11-16)14-6-4-3-5-7-14/h3-13H,1-2H3/q+1/b17-12-. The summed E-state index contributed by atoms with van der Waals surface area (Å²) in [4.78, 5) is 0. The van der Waals surface area contributed by atoms with E-state index in [1.165, 1.54) is 11.1 Å². The summed E-state index contributed by atoms with van der Waals surface area (Å²) < 4.78 is 1.96. The van der Waals surface area contributed by atoms with Crippen LogP contribution in [-0.4, -0.2) is 24.9 Å². The van der Waals surface area contributed by atoms with Gasteiger partial charge in [-0.25, -0.2) is 4.58 Å². The van der Waals surface area contributed by atoms with Crippen LogP contribution < -0.4 is 0 Å². The van der Waals surface area contributed by atoms with Gasteiger partial charge in [0.05, 0.1) is 5.03 Å². The molecule has 0 aliphatic heterocycles. The molecule has 0 bridgehead atoms. The van der Waals surface area contributed by atoms with Crippen molar-refractivity contribution < 1.29 is 4.58 Å². The van der Waals surface area contributed by atoms with Crippen LogP contribution in [0.3, 0.4) is 0 Å². The highest BCUT2D eigenvalue weighted by atomic mass is 35.5. The lowest BCUT2D eigenvalue weighted by molar-refractivity contribution is -0.458. The highest BCUT2D eigenvalue weighted by Crippen LogP contribution is 2.23. The molecule has 0 saturated heterocycles. The molecule has 0 amide bonds. The van der Waals surface area contributed by atoms with Gasteiger partial charge in [0.15, 0.2) is 6.21 Å². The van der Waals surface area contributed by atoms with E-state index in [4.69, 9.17) is 11.6 Å². The van der Waals surface area contributed by atoms with Crippen LogP contribution in [0.5, 0.6) is 0 Å². The van der Waals surface area contributed by atoms with E-state index in [0.717, 1.165) is 10.6 Å². The third kappa shape index (κ3) is 3.80. The van der Waals surface area contributed by atoms with Gasteiger partial charge in [-0.3, -0.25) is 0 Å². The Hall–Kier alpha value is -1.86. The van der Waals surface area contributed by atoms with Crippen LogP contribution >= 0.6 is 11.6 Å². The first-order valence-corrected chi connectivity index (χ1v) is 6.57. The van der Waals surface area contributed by atoms with Crippen molar-refractivity contribution in [3.63, 3.8) is 0 Å². The Morgan fingerprint density at radius 3 is 2.05 bits per heavy atom. The van der Waals surface area contributed by atoms with E-state index in [1.54, 1.807) is 0 Å². The summed E-state index contributed by atoms with van der Waals surface area (Å²) in [5.74, 6) is 0. The van der Waals surface area contributed by atoms with Crippen LogP contribution in [0.25, 0.3) is 16.2 Å². The van der Waals surface area contributed by atoms with Crippen molar-refractivity contribution in [1.82, 2.24) is 0 Å². The number of allylic oxidation sites excluding steroid dienone is 1. The molecule has 0 heterocycles. The van der Waals surface area contributed by atoms with E-state index in [1.807, 2.05) is 61.3 Å². The Labute approximate surface area is 119 Å². The third-order valence-electron chi connectivity index (χ3n) is 2.79. The number of benzene rings is 2. The molecule has 0 fully saturated rings. The van der Waals surface area contributed by atoms with Crippen molar-refractivity contribution in [2.75, 3.05) is 14.1 Å². The van der Waals surface area contributed by atoms with Gasteiger partial charge in [0.2, 0.25) is 0 Å². The Morgan fingerprint density at radius 2 is 1.47 bits per heavy atom. The highest BCUT2D eigenvalue weighted by Gasteiger charge is 2.00. The first kappa shape index (κ1) is 13.6. The van der Waals surface area contributed by atoms with Crippen molar-refractivity contribution in [1.29, 1.82) is 0 Å². The van der Waals surface area contributed by atoms with Crippen molar-refractivity contribution in [2.24, 2.45) is 0 Å². The molecule has 2 aromatic rings. The van der Waals surface area contributed by atoms with E-state index in [2.05, 4.69) is 24.3 Å². The van der Waals surface area contributed by atoms with E-state index in [9.17, 15) is 0 Å². The molecule has 2 heteroatoms. The summed E-state index contributed by atoms with van der Waals surface area (Å²) in [5.41, 5.74) is 3.44. The zero-order chi connectivity index (χ0) is 13.7. The topological polar surface area (TPSA) is 3.01 Å². The minimum absolute atomic E-state index is 0.744. The second-order valence-corrected chi connectivity index (χ2v) is 4.98. The first-order valence-electron chi connectivity index (χ1n) is 6.20. The van der Waals surface area contributed by atoms with Crippen molar-refractivity contribution in [3.8, 4) is 11.1 Å². The summed E-state index contributed by atoms with van der Waals surface area (Å²) in [5, 5.41) is 0.744. The molecule has 0 radical (unpaired) electrons. The molecule has 19 heavy (non-hydrogen) atoms. The van der Waals surface area contributed by atoms with Crippen molar-refractivity contribution in [3.05, 3.63) is 66.2 Å². The van der Waals surface area contributed by atoms with E-state index < -0.39 is 0 Å². The van der Waals surface area contributed by atoms with Crippen LogP contribution in [0.2, 0.25) is 0 Å². The van der Waals surface area contributed by atoms with Crippen LogP contribution in [0, 0.1) is 0 Å². The van der Waals surface area contributed by atoms with Gasteiger partial charge in [0.25, 0.3) is 0 Å². The summed E-state index contributed by atoms with van der Waals surface area (Å²) in [6, 6.07) is 18.6. The fourth-order valence-corrected chi connectivity index (χ4v) is 1.95.